The monoisotopic (exact) mass is 425 g/mol. The van der Waals surface area contributed by atoms with Crippen molar-refractivity contribution >= 4 is 23.5 Å². The lowest BCUT2D eigenvalue weighted by molar-refractivity contribution is -0.115. The summed E-state index contributed by atoms with van der Waals surface area (Å²) in [6.07, 6.45) is 0. The van der Waals surface area contributed by atoms with E-state index in [1.807, 2.05) is 18.2 Å². The summed E-state index contributed by atoms with van der Waals surface area (Å²) in [4.78, 5) is 16.9. The topological polar surface area (TPSA) is 104 Å². The van der Waals surface area contributed by atoms with Gasteiger partial charge in [0, 0.05) is 16.3 Å². The van der Waals surface area contributed by atoms with Crippen molar-refractivity contribution in [1.82, 2.24) is 14.8 Å². The van der Waals surface area contributed by atoms with Crippen LogP contribution in [0.2, 0.25) is 5.02 Å². The number of aromatic nitrogens is 3. The molecular formula is C21H20ClN5O3. The third-order valence-corrected chi connectivity index (χ3v) is 5.16. The molecule has 4 rings (SSSR count). The molecule has 0 aliphatic carbocycles. The molecule has 8 nitrogen and oxygen atoms in total. The number of hydrogen-bond donors (Lipinski definition) is 2. The van der Waals surface area contributed by atoms with E-state index in [0.29, 0.717) is 39.6 Å². The van der Waals surface area contributed by atoms with Crippen LogP contribution in [0.1, 0.15) is 18.5 Å². The van der Waals surface area contributed by atoms with Crippen LogP contribution in [0, 0.1) is 0 Å². The van der Waals surface area contributed by atoms with Crippen molar-refractivity contribution in [3.63, 3.8) is 0 Å². The number of benzene rings is 2. The number of nitrogens with zero attached hydrogens (tertiary/aromatic N) is 3. The highest BCUT2D eigenvalue weighted by Gasteiger charge is 2.34. The number of anilines is 1. The van der Waals surface area contributed by atoms with Gasteiger partial charge < -0.3 is 20.5 Å². The summed E-state index contributed by atoms with van der Waals surface area (Å²) in [7, 11) is 3.12. The first kappa shape index (κ1) is 19.8. The molecule has 1 atom stereocenters. The Hall–Kier alpha value is -3.52. The minimum atomic E-state index is -0.584. The van der Waals surface area contributed by atoms with Crippen molar-refractivity contribution in [2.45, 2.75) is 13.0 Å². The number of fused-ring (bicyclic) bond motifs is 1. The van der Waals surface area contributed by atoms with Gasteiger partial charge in [0.2, 0.25) is 11.9 Å². The largest absolute Gasteiger partial charge is 0.493 e. The molecule has 3 N–H and O–H groups in total. The number of amides is 1. The molecule has 2 aromatic carbocycles. The number of carbonyl (C=O) groups is 1. The average molecular weight is 426 g/mol. The molecule has 1 amide bonds. The molecule has 1 aromatic heterocycles. The molecule has 3 aromatic rings. The molecule has 1 aliphatic rings. The lowest BCUT2D eigenvalue weighted by Crippen LogP contribution is -2.31. The molecule has 2 heterocycles. The van der Waals surface area contributed by atoms with Crippen molar-refractivity contribution in [2.75, 3.05) is 19.5 Å². The zero-order chi connectivity index (χ0) is 21.4. The number of ether oxygens (including phenoxy) is 2. The summed E-state index contributed by atoms with van der Waals surface area (Å²) >= 11 is 6.12. The molecule has 0 radical (unpaired) electrons. The van der Waals surface area contributed by atoms with Crippen molar-refractivity contribution in [3.05, 3.63) is 64.3 Å². The van der Waals surface area contributed by atoms with Crippen LogP contribution in [-0.4, -0.2) is 34.9 Å². The van der Waals surface area contributed by atoms with Gasteiger partial charge in [-0.15, -0.1) is 5.10 Å². The SMILES string of the molecule is COc1ccc([C@@H]2C(C(N)=O)=C(C)Nc3nc(-c4cccc(Cl)c4)nn32)cc1OC. The first-order valence-electron chi connectivity index (χ1n) is 9.15. The average Bonchev–Trinajstić information content (AvgIpc) is 3.15. The number of hydrogen-bond acceptors (Lipinski definition) is 6. The fraction of sp³-hybridized carbons (Fsp3) is 0.190. The van der Waals surface area contributed by atoms with E-state index in [1.165, 1.54) is 0 Å². The van der Waals surface area contributed by atoms with Crippen LogP contribution in [0.25, 0.3) is 11.4 Å². The van der Waals surface area contributed by atoms with Gasteiger partial charge in [-0.3, -0.25) is 4.79 Å². The Morgan fingerprint density at radius 3 is 2.60 bits per heavy atom. The highest BCUT2D eigenvalue weighted by Crippen LogP contribution is 2.39. The van der Waals surface area contributed by atoms with Crippen molar-refractivity contribution < 1.29 is 14.3 Å². The second-order valence-electron chi connectivity index (χ2n) is 6.76. The summed E-state index contributed by atoms with van der Waals surface area (Å²) in [6.45, 7) is 1.78. The summed E-state index contributed by atoms with van der Waals surface area (Å²) < 4.78 is 12.4. The number of nitrogens with one attached hydrogen (secondary N) is 1. The van der Waals surface area contributed by atoms with Gasteiger partial charge in [-0.05, 0) is 36.8 Å². The van der Waals surface area contributed by atoms with Crippen LogP contribution in [0.5, 0.6) is 11.5 Å². The van der Waals surface area contributed by atoms with Crippen LogP contribution in [0.3, 0.4) is 0 Å². The summed E-state index contributed by atoms with van der Waals surface area (Å²) in [6, 6.07) is 12.1. The Morgan fingerprint density at radius 2 is 1.93 bits per heavy atom. The Balaban J connectivity index is 1.89. The molecular weight excluding hydrogens is 406 g/mol. The number of primary amides is 1. The molecule has 0 spiro atoms. The van der Waals surface area contributed by atoms with Gasteiger partial charge in [0.05, 0.1) is 19.8 Å². The molecule has 0 saturated heterocycles. The predicted molar refractivity (Wildman–Crippen MR) is 114 cm³/mol. The molecule has 0 fully saturated rings. The lowest BCUT2D eigenvalue weighted by atomic mass is 9.95. The van der Waals surface area contributed by atoms with E-state index < -0.39 is 11.9 Å². The maximum atomic E-state index is 12.3. The van der Waals surface area contributed by atoms with Crippen molar-refractivity contribution in [3.8, 4) is 22.9 Å². The van der Waals surface area contributed by atoms with Gasteiger partial charge in [0.15, 0.2) is 17.3 Å². The number of halogens is 1. The quantitative estimate of drug-likeness (QED) is 0.649. The summed E-state index contributed by atoms with van der Waals surface area (Å²) in [5.74, 6) is 1.53. The van der Waals surface area contributed by atoms with Crippen LogP contribution >= 0.6 is 11.6 Å². The maximum Gasteiger partial charge on any atom is 0.248 e. The second kappa shape index (κ2) is 7.72. The van der Waals surface area contributed by atoms with E-state index in [-0.39, 0.29) is 0 Å². The second-order valence-corrected chi connectivity index (χ2v) is 7.20. The fourth-order valence-electron chi connectivity index (χ4n) is 3.55. The Bertz CT molecular complexity index is 1170. The van der Waals surface area contributed by atoms with Gasteiger partial charge >= 0.3 is 0 Å². The molecule has 9 heteroatoms. The van der Waals surface area contributed by atoms with Gasteiger partial charge in [0.1, 0.15) is 6.04 Å². The van der Waals surface area contributed by atoms with Crippen molar-refractivity contribution in [2.24, 2.45) is 5.73 Å². The van der Waals surface area contributed by atoms with Crippen molar-refractivity contribution in [1.29, 1.82) is 0 Å². The van der Waals surface area contributed by atoms with Gasteiger partial charge in [-0.1, -0.05) is 29.8 Å². The molecule has 1 aliphatic heterocycles. The van der Waals surface area contributed by atoms with Crippen LogP contribution in [-0.2, 0) is 4.79 Å². The molecule has 154 valence electrons. The van der Waals surface area contributed by atoms with E-state index in [1.54, 1.807) is 50.1 Å². The minimum Gasteiger partial charge on any atom is -0.493 e. The van der Waals surface area contributed by atoms with Gasteiger partial charge in [-0.2, -0.15) is 4.98 Å². The zero-order valence-corrected chi connectivity index (χ0v) is 17.4. The first-order chi connectivity index (χ1) is 14.4. The summed E-state index contributed by atoms with van der Waals surface area (Å²) in [5, 5.41) is 8.36. The van der Waals surface area contributed by atoms with E-state index in [4.69, 9.17) is 26.8 Å². The number of rotatable bonds is 5. The van der Waals surface area contributed by atoms with Crippen LogP contribution in [0.15, 0.2) is 53.7 Å². The fourth-order valence-corrected chi connectivity index (χ4v) is 3.74. The van der Waals surface area contributed by atoms with E-state index in [0.717, 1.165) is 11.1 Å². The molecule has 30 heavy (non-hydrogen) atoms. The minimum absolute atomic E-state index is 0.386. The van der Waals surface area contributed by atoms with E-state index in [2.05, 4.69) is 15.4 Å². The Kier molecular flexibility index (Phi) is 5.09. The van der Waals surface area contributed by atoms with E-state index >= 15 is 0 Å². The third kappa shape index (κ3) is 3.35. The maximum absolute atomic E-state index is 12.3. The van der Waals surface area contributed by atoms with Gasteiger partial charge in [-0.25, -0.2) is 4.68 Å². The summed E-state index contributed by atoms with van der Waals surface area (Å²) in [5.41, 5.74) is 8.25. The zero-order valence-electron chi connectivity index (χ0n) is 16.6. The predicted octanol–water partition coefficient (Wildman–Crippen LogP) is 3.39. The highest BCUT2D eigenvalue weighted by molar-refractivity contribution is 6.30. The number of methoxy groups -OCH3 is 2. The van der Waals surface area contributed by atoms with Crippen LogP contribution < -0.4 is 20.5 Å². The third-order valence-electron chi connectivity index (χ3n) is 4.92. The number of allylic oxidation sites excluding steroid dienone is 1. The normalized spacial score (nSPS) is 15.4. The van der Waals surface area contributed by atoms with E-state index in [9.17, 15) is 4.79 Å². The molecule has 0 bridgehead atoms. The number of carbonyl (C=O) groups excluding carboxylic acids is 1. The Labute approximate surface area is 178 Å². The van der Waals surface area contributed by atoms with Crippen LogP contribution in [0.4, 0.5) is 5.95 Å². The molecule has 0 saturated carbocycles. The standard InChI is InChI=1S/C21H20ClN5O3/c1-11-17(19(23)28)18(12-7-8-15(29-2)16(10-12)30-3)27-21(24-11)25-20(26-27)13-5-4-6-14(22)9-13/h4-10,18H,1-3H3,(H2,23,28)(H,24,25,26)/t18-/m1/s1. The Morgan fingerprint density at radius 1 is 1.17 bits per heavy atom. The number of nitrogens with two attached hydrogens (primary N) is 1. The van der Waals surface area contributed by atoms with Gasteiger partial charge in [0.25, 0.3) is 0 Å². The highest BCUT2D eigenvalue weighted by atomic mass is 35.5. The molecule has 0 unspecified atom stereocenters. The first-order valence-corrected chi connectivity index (χ1v) is 9.52. The lowest BCUT2D eigenvalue weighted by Gasteiger charge is -2.28. The smallest absolute Gasteiger partial charge is 0.248 e.